The topological polar surface area (TPSA) is 504 Å². The van der Waals surface area contributed by atoms with Crippen LogP contribution < -0.4 is 5.32 Å². The van der Waals surface area contributed by atoms with Crippen molar-refractivity contribution in [3.05, 3.63) is 298 Å². The van der Waals surface area contributed by atoms with E-state index >= 15 is 0 Å². The number of aliphatic hydroxyl groups excluding tert-OH is 7. The first-order valence-electron chi connectivity index (χ1n) is 39.7. The van der Waals surface area contributed by atoms with E-state index in [1.807, 2.05) is 30.3 Å². The minimum Gasteiger partial charge on any atom is -0.460 e. The molecule has 8 aromatic carbocycles. The second-order valence-corrected chi connectivity index (χ2v) is 28.5. The van der Waals surface area contributed by atoms with Crippen LogP contribution >= 0.6 is 0 Å². The number of rotatable bonds is 36. The quantitative estimate of drug-likeness (QED) is 0.00510. The Bertz CT molecular complexity index is 4830. The van der Waals surface area contributed by atoms with Crippen LogP contribution in [0.5, 0.6) is 0 Å². The highest BCUT2D eigenvalue weighted by molar-refractivity contribution is 5.93. The summed E-state index contributed by atoms with van der Waals surface area (Å²) < 4.78 is 97.3. The summed E-state index contributed by atoms with van der Waals surface area (Å²) in [6.45, 7) is -3.78. The largest absolute Gasteiger partial charge is 0.460 e. The van der Waals surface area contributed by atoms with Gasteiger partial charge in [-0.05, 0) is 115 Å². The maximum Gasteiger partial charge on any atom is 0.407 e. The first kappa shape index (κ1) is 93.2. The summed E-state index contributed by atoms with van der Waals surface area (Å²) in [4.78, 5) is 128. The van der Waals surface area contributed by atoms with Gasteiger partial charge in [-0.25, -0.2) is 38.4 Å². The van der Waals surface area contributed by atoms with Crippen molar-refractivity contribution in [2.45, 2.75) is 149 Å². The molecule has 4 aliphatic rings. The number of alkyl carbamates (subject to hydrolysis) is 1. The van der Waals surface area contributed by atoms with Gasteiger partial charge in [0.1, 0.15) is 87.5 Å². The summed E-state index contributed by atoms with van der Waals surface area (Å²) in [6, 6.07) is 64.0. The predicted octanol–water partition coefficient (Wildman–Crippen LogP) is 6.63. The fraction of sp³-hybridized carbons (Fsp3) is 0.360. The van der Waals surface area contributed by atoms with Crippen LogP contribution in [0.25, 0.3) is 10.4 Å². The molecule has 1 amide bonds. The second-order valence-electron chi connectivity index (χ2n) is 28.5. The van der Waals surface area contributed by atoms with Gasteiger partial charge < -0.3 is 117 Å². The van der Waals surface area contributed by atoms with E-state index in [0.29, 0.717) is 19.3 Å². The molecule has 8 N–H and O–H groups in total. The summed E-state index contributed by atoms with van der Waals surface area (Å²) in [5.74, 6) is -9.83. The molecule has 0 aliphatic carbocycles. The molecule has 0 saturated carbocycles. The number of hydrogen-bond acceptors (Lipinski definition) is 33. The van der Waals surface area contributed by atoms with Crippen LogP contribution in [0.4, 0.5) is 4.79 Å². The normalized spacial score (nSPS) is 25.5. The Morgan fingerprint density at radius 2 is 0.792 bits per heavy atom. The lowest BCUT2D eigenvalue weighted by molar-refractivity contribution is -0.383. The summed E-state index contributed by atoms with van der Waals surface area (Å²) in [7, 11) is 0. The van der Waals surface area contributed by atoms with E-state index in [1.165, 1.54) is 84.9 Å². The second kappa shape index (κ2) is 46.9. The van der Waals surface area contributed by atoms with Crippen molar-refractivity contribution in [1.82, 2.24) is 5.32 Å². The molecule has 8 aromatic rings. The molecule has 19 atom stereocenters. The molecular formula is C89H92N4O32. The monoisotopic (exact) mass is 1730 g/mol. The summed E-state index contributed by atoms with van der Waals surface area (Å²) in [5.41, 5.74) is 9.39. The highest BCUT2D eigenvalue weighted by atomic mass is 16.8. The van der Waals surface area contributed by atoms with Gasteiger partial charge in [0.25, 0.3) is 0 Å². The van der Waals surface area contributed by atoms with Crippen molar-refractivity contribution in [2.75, 3.05) is 52.7 Å². The van der Waals surface area contributed by atoms with Crippen LogP contribution in [0, 0.1) is 0 Å². The average molecular weight is 1730 g/mol. The number of esters is 8. The van der Waals surface area contributed by atoms with Crippen LogP contribution in [0.15, 0.2) is 248 Å². The summed E-state index contributed by atoms with van der Waals surface area (Å²) >= 11 is 0. The number of carbonyl (C=O) groups excluding carboxylic acids is 9. The standard InChI is InChI=1S/C74H67NO20.C15H25N3O12/c76-65(50-30-12-2-13-31-50)85-47-57-59(90-67(78)52-34-16-4-17-35-52)61(91-68(79)53-36-18-5-19-37-53)64(94-71(82)56-42-24-8-25-43-56)73(89-57)95-60-58(48-86-66(77)51-32-14-3-15-33-51)88-72(84-45-27-9-26-44-75-74(83)87-46-49-28-10-1-11-29-49)63(93-70(81)55-40-22-7-23-41-55)62(60)92-69(80)54-38-20-6-21-39-54;16-18-17-2-1-8(21)27-5-15(13(26)10(23)7(4-20)29-15)30-14-12(25)11(24)9(22)6(3-19)28-14/h1-8,10-25,28-43,57-64,72-73H,9,26-27,44-48H2,(H,75,83);6-7,9-14,19-20,22-26H,1-5H2/t57-,58-,59?,60-,61+,62+,63-,64-,72+,73+;6-,7-,9-,10-,11+,12-,13+,14-,15+/m11/s1. The number of aliphatic hydroxyl groups is 7. The van der Waals surface area contributed by atoms with Gasteiger partial charge in [-0.2, -0.15) is 0 Å². The van der Waals surface area contributed by atoms with Crippen molar-refractivity contribution < 1.29 is 155 Å². The van der Waals surface area contributed by atoms with Crippen LogP contribution in [0.2, 0.25) is 0 Å². The van der Waals surface area contributed by atoms with Crippen molar-refractivity contribution in [2.24, 2.45) is 5.11 Å². The van der Waals surface area contributed by atoms with Gasteiger partial charge in [0.05, 0.1) is 58.6 Å². The van der Waals surface area contributed by atoms with E-state index < -0.39 is 203 Å². The Morgan fingerprint density at radius 1 is 0.400 bits per heavy atom. The number of hydrogen-bond donors (Lipinski definition) is 8. The molecule has 4 fully saturated rings. The molecular weight excluding hydrogens is 1640 g/mol. The molecule has 125 heavy (non-hydrogen) atoms. The lowest BCUT2D eigenvalue weighted by Crippen LogP contribution is -2.67. The van der Waals surface area contributed by atoms with Gasteiger partial charge in [-0.1, -0.05) is 163 Å². The number of carbonyl (C=O) groups is 9. The Balaban J connectivity index is 0.000000427. The number of amides is 1. The van der Waals surface area contributed by atoms with Gasteiger partial charge in [0, 0.05) is 24.6 Å². The molecule has 0 spiro atoms. The van der Waals surface area contributed by atoms with E-state index in [-0.39, 0.29) is 71.7 Å². The van der Waals surface area contributed by atoms with Crippen LogP contribution in [0.3, 0.4) is 0 Å². The van der Waals surface area contributed by atoms with Crippen molar-refractivity contribution in [3.8, 4) is 0 Å². The Labute approximate surface area is 714 Å². The number of ether oxygens (including phenoxy) is 16. The molecule has 4 heterocycles. The Kier molecular flexibility index (Phi) is 35.0. The summed E-state index contributed by atoms with van der Waals surface area (Å²) in [6.07, 6.45) is -31.4. The molecule has 36 nitrogen and oxygen atoms in total. The highest BCUT2D eigenvalue weighted by Gasteiger charge is 2.61. The molecule has 1 unspecified atom stereocenters. The fourth-order valence-corrected chi connectivity index (χ4v) is 13.3. The van der Waals surface area contributed by atoms with Gasteiger partial charge in [0.2, 0.25) is 5.79 Å². The number of nitrogens with one attached hydrogen (secondary N) is 1. The van der Waals surface area contributed by atoms with Crippen molar-refractivity contribution >= 4 is 53.8 Å². The van der Waals surface area contributed by atoms with E-state index in [9.17, 15) is 78.9 Å². The first-order valence-corrected chi connectivity index (χ1v) is 39.7. The summed E-state index contributed by atoms with van der Waals surface area (Å²) in [5, 5.41) is 74.9. The fourth-order valence-electron chi connectivity index (χ4n) is 13.3. The van der Waals surface area contributed by atoms with Crippen LogP contribution in [0.1, 0.15) is 104 Å². The van der Waals surface area contributed by atoms with Gasteiger partial charge in [0.15, 0.2) is 49.4 Å². The molecule has 0 radical (unpaired) electrons. The van der Waals surface area contributed by atoms with Gasteiger partial charge in [-0.15, -0.1) is 0 Å². The molecule has 36 heteroatoms. The smallest absolute Gasteiger partial charge is 0.407 e. The highest BCUT2D eigenvalue weighted by Crippen LogP contribution is 2.40. The van der Waals surface area contributed by atoms with Crippen LogP contribution in [-0.4, -0.2) is 259 Å². The van der Waals surface area contributed by atoms with E-state index in [0.717, 1.165) is 5.56 Å². The van der Waals surface area contributed by atoms with E-state index in [1.54, 1.807) is 127 Å². The zero-order chi connectivity index (χ0) is 88.6. The minimum absolute atomic E-state index is 0.00339. The van der Waals surface area contributed by atoms with E-state index in [4.69, 9.17) is 81.3 Å². The molecule has 4 aliphatic heterocycles. The third kappa shape index (κ3) is 25.9. The zero-order valence-electron chi connectivity index (χ0n) is 66.9. The Hall–Kier alpha value is -12.5. The maximum absolute atomic E-state index is 14.8. The third-order valence-corrected chi connectivity index (χ3v) is 19.9. The van der Waals surface area contributed by atoms with Gasteiger partial charge in [-0.3, -0.25) is 4.79 Å². The number of unbranched alkanes of at least 4 members (excludes halogenated alkanes) is 2. The van der Waals surface area contributed by atoms with E-state index in [2.05, 4.69) is 15.3 Å². The van der Waals surface area contributed by atoms with Gasteiger partial charge >= 0.3 is 53.8 Å². The Morgan fingerprint density at radius 3 is 1.23 bits per heavy atom. The maximum atomic E-state index is 14.8. The number of nitrogens with zero attached hydrogens (tertiary/aromatic N) is 3. The third-order valence-electron chi connectivity index (χ3n) is 19.9. The molecule has 660 valence electrons. The zero-order valence-corrected chi connectivity index (χ0v) is 66.9. The number of azide groups is 1. The average Bonchev–Trinajstić information content (AvgIpc) is 1.35. The molecule has 12 rings (SSSR count). The minimum atomic E-state index is -2.34. The SMILES string of the molecule is O=C(NCCCCCO[C@H]1O[C@H](COC(=O)c2ccccc2)[C@@H](O[C@@H]2O[C@H](COC(=O)c3ccccc3)C(OC(=O)c3ccccc3)[C@H](OC(=O)c3ccccc3)[C@H]2OC(=O)c2ccccc2)[C@H](OC(=O)c2ccccc2)[C@H]1OC(=O)c1ccccc1)OCc1ccccc1.[N-]=[N+]=NCCC(=O)OC[C@@]1(O[C@H]2O[C@H](CO)[C@@H](O)[C@H](O)[C@H]2O)O[C@H](CO)[C@@H](O)[C@@H]1O. The molecule has 4 saturated heterocycles. The predicted molar refractivity (Wildman–Crippen MR) is 429 cm³/mol. The lowest BCUT2D eigenvalue weighted by Gasteiger charge is -2.48. The first-order chi connectivity index (χ1) is 60.6. The molecule has 0 aromatic heterocycles. The molecule has 0 bridgehead atoms. The van der Waals surface area contributed by atoms with Crippen molar-refractivity contribution in [3.63, 3.8) is 0 Å². The lowest BCUT2D eigenvalue weighted by atomic mass is 9.95. The number of benzene rings is 8. The van der Waals surface area contributed by atoms with Crippen LogP contribution in [-0.2, 0) is 87.2 Å². The van der Waals surface area contributed by atoms with Crippen molar-refractivity contribution in [1.29, 1.82) is 0 Å².